The zero-order valence-electron chi connectivity index (χ0n) is 10.4. The van der Waals surface area contributed by atoms with Gasteiger partial charge in [-0.15, -0.1) is 0 Å². The van der Waals surface area contributed by atoms with Crippen LogP contribution in [0.5, 0.6) is 0 Å². The molecule has 0 saturated heterocycles. The maximum Gasteiger partial charge on any atom is 0.296 e. The predicted molar refractivity (Wildman–Crippen MR) is 72.2 cm³/mol. The molecule has 2 rings (SSSR count). The van der Waals surface area contributed by atoms with E-state index in [9.17, 15) is 14.7 Å². The first-order valence-corrected chi connectivity index (χ1v) is 5.94. The van der Waals surface area contributed by atoms with E-state index in [0.717, 1.165) is 4.68 Å². The van der Waals surface area contributed by atoms with Gasteiger partial charge < -0.3 is 9.90 Å². The van der Waals surface area contributed by atoms with Crippen molar-refractivity contribution < 1.29 is 9.90 Å². The van der Waals surface area contributed by atoms with Crippen molar-refractivity contribution in [3.63, 3.8) is 0 Å². The summed E-state index contributed by atoms with van der Waals surface area (Å²) in [6, 6.07) is 5.86. The van der Waals surface area contributed by atoms with Gasteiger partial charge in [-0.3, -0.25) is 9.89 Å². The van der Waals surface area contributed by atoms with Gasteiger partial charge in [0.15, 0.2) is 0 Å². The third-order valence-corrected chi connectivity index (χ3v) is 2.75. The van der Waals surface area contributed by atoms with E-state index < -0.39 is 11.5 Å². The van der Waals surface area contributed by atoms with Gasteiger partial charge in [-0.2, -0.15) is 14.9 Å². The summed E-state index contributed by atoms with van der Waals surface area (Å²) in [6.45, 7) is 1.54. The van der Waals surface area contributed by atoms with E-state index in [1.807, 2.05) is 0 Å². The van der Waals surface area contributed by atoms with Gasteiger partial charge in [0.05, 0.1) is 12.2 Å². The molecule has 0 saturated carbocycles. The average molecular weight is 289 g/mol. The second kappa shape index (κ2) is 5.57. The van der Waals surface area contributed by atoms with E-state index in [1.165, 1.54) is 25.3 Å². The third-order valence-electron chi connectivity index (χ3n) is 2.48. The van der Waals surface area contributed by atoms with Crippen LogP contribution in [0.3, 0.4) is 0 Å². The number of aromatic amines is 1. The highest BCUT2D eigenvalue weighted by Crippen LogP contribution is 2.01. The summed E-state index contributed by atoms with van der Waals surface area (Å²) < 4.78 is 1.08. The molecule has 20 heavy (non-hydrogen) atoms. The predicted octanol–water partition coefficient (Wildman–Crippen LogP) is -0.145. The molecule has 0 aliphatic heterocycles. The van der Waals surface area contributed by atoms with E-state index in [2.05, 4.69) is 15.3 Å². The molecule has 0 radical (unpaired) electrons. The molecule has 1 heterocycles. The van der Waals surface area contributed by atoms with Crippen molar-refractivity contribution >= 4 is 24.4 Å². The molecule has 0 atom stereocenters. The minimum atomic E-state index is -1.25. The molecule has 1 aromatic carbocycles. The molecule has 2 aromatic rings. The minimum absolute atomic E-state index is 0.0661. The number of carboxylic acids is 1. The van der Waals surface area contributed by atoms with E-state index >= 15 is 0 Å². The van der Waals surface area contributed by atoms with E-state index in [-0.39, 0.29) is 16.0 Å². The lowest BCUT2D eigenvalue weighted by molar-refractivity contribution is -0.255. The Morgan fingerprint density at radius 2 is 2.10 bits per heavy atom. The van der Waals surface area contributed by atoms with Gasteiger partial charge in [0.25, 0.3) is 5.56 Å². The van der Waals surface area contributed by atoms with Crippen LogP contribution in [0.25, 0.3) is 0 Å². The van der Waals surface area contributed by atoms with Gasteiger partial charge in [-0.1, -0.05) is 24.3 Å². The summed E-state index contributed by atoms with van der Waals surface area (Å²) in [6.07, 6.45) is 1.39. The van der Waals surface area contributed by atoms with Crippen LogP contribution in [-0.4, -0.2) is 27.1 Å². The minimum Gasteiger partial charge on any atom is -0.545 e. The zero-order valence-corrected chi connectivity index (χ0v) is 11.2. The standard InChI is InChI=1S/C12H10N4O3S/c1-7-10(17)16(12(20)15-14-7)13-6-8-2-4-9(5-3-8)11(18)19/h2-6H,1H3,(H,15,20)(H,18,19)/p-1/b13-6-. The molecule has 0 bridgehead atoms. The largest absolute Gasteiger partial charge is 0.545 e. The normalized spacial score (nSPS) is 10.8. The van der Waals surface area contributed by atoms with Gasteiger partial charge >= 0.3 is 0 Å². The summed E-state index contributed by atoms with van der Waals surface area (Å²) in [5, 5.41) is 20.8. The monoisotopic (exact) mass is 289 g/mol. The maximum absolute atomic E-state index is 11.8. The van der Waals surface area contributed by atoms with Crippen molar-refractivity contribution in [3.05, 3.63) is 56.2 Å². The molecule has 0 spiro atoms. The number of carbonyl (C=O) groups is 1. The van der Waals surface area contributed by atoms with E-state index in [4.69, 9.17) is 12.2 Å². The number of hydrogen-bond acceptors (Lipinski definition) is 6. The molecule has 0 fully saturated rings. The van der Waals surface area contributed by atoms with Gasteiger partial charge in [0, 0.05) is 0 Å². The number of H-pyrrole nitrogens is 1. The summed E-state index contributed by atoms with van der Waals surface area (Å²) in [4.78, 5) is 22.4. The molecule has 1 aromatic heterocycles. The highest BCUT2D eigenvalue weighted by molar-refractivity contribution is 7.71. The molecule has 0 amide bonds. The van der Waals surface area contributed by atoms with E-state index in [0.29, 0.717) is 5.56 Å². The SMILES string of the molecule is Cc1n[nH]c(=S)n(/N=C\c2ccc(C(=O)[O-])cc2)c1=O. The maximum atomic E-state index is 11.8. The summed E-state index contributed by atoms with van der Waals surface area (Å²) in [5.74, 6) is -1.25. The van der Waals surface area contributed by atoms with Crippen molar-refractivity contribution in [1.29, 1.82) is 0 Å². The Morgan fingerprint density at radius 1 is 1.45 bits per heavy atom. The molecule has 7 nitrogen and oxygen atoms in total. The number of carboxylic acid groups (broad SMARTS) is 1. The number of aromatic carboxylic acids is 1. The number of aromatic nitrogens is 3. The molecule has 8 heteroatoms. The highest BCUT2D eigenvalue weighted by atomic mass is 32.1. The first-order chi connectivity index (χ1) is 9.49. The Labute approximate surface area is 118 Å². The zero-order chi connectivity index (χ0) is 14.7. The van der Waals surface area contributed by atoms with Crippen molar-refractivity contribution in [2.24, 2.45) is 5.10 Å². The number of nitrogens with one attached hydrogen (secondary N) is 1. The lowest BCUT2D eigenvalue weighted by Gasteiger charge is -2.02. The number of carbonyl (C=O) groups excluding carboxylic acids is 1. The third kappa shape index (κ3) is 2.86. The van der Waals surface area contributed by atoms with Crippen molar-refractivity contribution in [1.82, 2.24) is 14.9 Å². The molecule has 102 valence electrons. The van der Waals surface area contributed by atoms with Gasteiger partial charge in [0.2, 0.25) is 4.77 Å². The van der Waals surface area contributed by atoms with Crippen LogP contribution in [0.4, 0.5) is 0 Å². The number of nitrogens with zero attached hydrogens (tertiary/aromatic N) is 3. The lowest BCUT2D eigenvalue weighted by atomic mass is 10.1. The second-order valence-electron chi connectivity index (χ2n) is 3.89. The molecule has 1 N–H and O–H groups in total. The highest BCUT2D eigenvalue weighted by Gasteiger charge is 2.00. The average Bonchev–Trinajstić information content (AvgIpc) is 2.43. The van der Waals surface area contributed by atoms with Crippen LogP contribution < -0.4 is 10.7 Å². The number of rotatable bonds is 3. The second-order valence-corrected chi connectivity index (χ2v) is 4.27. The first kappa shape index (κ1) is 13.8. The number of hydrogen-bond donors (Lipinski definition) is 1. The smallest absolute Gasteiger partial charge is 0.296 e. The fraction of sp³-hybridized carbons (Fsp3) is 0.0833. The fourth-order valence-electron chi connectivity index (χ4n) is 1.41. The molecule has 0 unspecified atom stereocenters. The van der Waals surface area contributed by atoms with Crippen LogP contribution in [-0.2, 0) is 0 Å². The topological polar surface area (TPSA) is 103 Å². The molecular weight excluding hydrogens is 280 g/mol. The van der Waals surface area contributed by atoms with Crippen LogP contribution in [0.15, 0.2) is 34.2 Å². The molecule has 0 aliphatic carbocycles. The van der Waals surface area contributed by atoms with Gasteiger partial charge in [-0.25, -0.2) is 0 Å². The molecule has 0 aliphatic rings. The van der Waals surface area contributed by atoms with Crippen LogP contribution in [0, 0.1) is 11.7 Å². The Balaban J connectivity index is 2.35. The van der Waals surface area contributed by atoms with Gasteiger partial charge in [0.1, 0.15) is 5.69 Å². The quantitative estimate of drug-likeness (QED) is 0.625. The van der Waals surface area contributed by atoms with Crippen molar-refractivity contribution in [3.8, 4) is 0 Å². The number of benzene rings is 1. The first-order valence-electron chi connectivity index (χ1n) is 5.53. The van der Waals surface area contributed by atoms with Crippen molar-refractivity contribution in [2.75, 3.05) is 0 Å². The van der Waals surface area contributed by atoms with Crippen molar-refractivity contribution in [2.45, 2.75) is 6.92 Å². The molecular formula is C12H9N4O3S-. The number of aryl methyl sites for hydroxylation is 1. The van der Waals surface area contributed by atoms with Gasteiger partial charge in [-0.05, 0) is 30.3 Å². The van der Waals surface area contributed by atoms with Crippen LogP contribution in [0.2, 0.25) is 0 Å². The lowest BCUT2D eigenvalue weighted by Crippen LogP contribution is -2.22. The van der Waals surface area contributed by atoms with Crippen LogP contribution in [0.1, 0.15) is 21.6 Å². The fourth-order valence-corrected chi connectivity index (χ4v) is 1.58. The Kier molecular flexibility index (Phi) is 3.85. The summed E-state index contributed by atoms with van der Waals surface area (Å²) in [5.41, 5.74) is 0.501. The van der Waals surface area contributed by atoms with E-state index in [1.54, 1.807) is 12.1 Å². The summed E-state index contributed by atoms with van der Waals surface area (Å²) >= 11 is 4.91. The van der Waals surface area contributed by atoms with Crippen LogP contribution >= 0.6 is 12.2 Å². The Morgan fingerprint density at radius 3 is 2.70 bits per heavy atom. The summed E-state index contributed by atoms with van der Waals surface area (Å²) in [7, 11) is 0. The Hall–Kier alpha value is -2.61. The Bertz CT molecular complexity index is 790.